The first kappa shape index (κ1) is 13.7. The average Bonchev–Trinajstić information content (AvgIpc) is 2.38. The number of benzene rings is 1. The van der Waals surface area contributed by atoms with E-state index in [1.165, 1.54) is 30.5 Å². The van der Waals surface area contributed by atoms with Gasteiger partial charge in [-0.05, 0) is 24.3 Å². The maximum Gasteiger partial charge on any atom is 0.573 e. The fourth-order valence-corrected chi connectivity index (χ4v) is 1.47. The van der Waals surface area contributed by atoms with Crippen LogP contribution in [0.5, 0.6) is 5.75 Å². The van der Waals surface area contributed by atoms with Gasteiger partial charge in [-0.25, -0.2) is 4.98 Å². The lowest BCUT2D eigenvalue weighted by molar-refractivity contribution is -0.274. The Bertz CT molecular complexity index is 633. The van der Waals surface area contributed by atoms with Crippen LogP contribution in [0.15, 0.2) is 42.6 Å². The van der Waals surface area contributed by atoms with E-state index < -0.39 is 6.36 Å². The number of pyridine rings is 1. The summed E-state index contributed by atoms with van der Waals surface area (Å²) in [6.07, 6.45) is -3.32. The Morgan fingerprint density at radius 1 is 1.15 bits per heavy atom. The molecule has 2 rings (SSSR count). The zero-order chi connectivity index (χ0) is 14.6. The van der Waals surface area contributed by atoms with Crippen LogP contribution in [0.1, 0.15) is 5.69 Å². The quantitative estimate of drug-likeness (QED) is 0.932. The SMILES string of the molecule is N#Cc1ccc(Nc2cccc(OC(F)(F)F)c2)cn1. The minimum atomic E-state index is -4.73. The van der Waals surface area contributed by atoms with Gasteiger partial charge in [-0.15, -0.1) is 13.2 Å². The van der Waals surface area contributed by atoms with E-state index in [0.717, 1.165) is 0 Å². The molecular weight excluding hydrogens is 271 g/mol. The zero-order valence-electron chi connectivity index (χ0n) is 9.98. The molecule has 1 N–H and O–H groups in total. The van der Waals surface area contributed by atoms with Gasteiger partial charge in [0.25, 0.3) is 0 Å². The number of nitrogens with one attached hydrogen (secondary N) is 1. The molecule has 0 aliphatic rings. The molecule has 0 atom stereocenters. The van der Waals surface area contributed by atoms with E-state index in [1.54, 1.807) is 12.1 Å². The van der Waals surface area contributed by atoms with Gasteiger partial charge in [0.05, 0.1) is 11.9 Å². The van der Waals surface area contributed by atoms with Crippen molar-refractivity contribution in [3.05, 3.63) is 48.3 Å². The van der Waals surface area contributed by atoms with Crippen LogP contribution in [-0.4, -0.2) is 11.3 Å². The number of hydrogen-bond acceptors (Lipinski definition) is 4. The van der Waals surface area contributed by atoms with Crippen LogP contribution in [0.2, 0.25) is 0 Å². The molecular formula is C13H8F3N3O. The fourth-order valence-electron chi connectivity index (χ4n) is 1.47. The van der Waals surface area contributed by atoms with Gasteiger partial charge in [0.2, 0.25) is 0 Å². The van der Waals surface area contributed by atoms with Gasteiger partial charge < -0.3 is 10.1 Å². The van der Waals surface area contributed by atoms with Crippen LogP contribution >= 0.6 is 0 Å². The second-order valence-electron chi connectivity index (χ2n) is 3.74. The summed E-state index contributed by atoms with van der Waals surface area (Å²) in [4.78, 5) is 3.84. The predicted octanol–water partition coefficient (Wildman–Crippen LogP) is 3.60. The monoisotopic (exact) mass is 279 g/mol. The topological polar surface area (TPSA) is 57.9 Å². The largest absolute Gasteiger partial charge is 0.573 e. The second-order valence-corrected chi connectivity index (χ2v) is 3.74. The van der Waals surface area contributed by atoms with Crippen molar-refractivity contribution in [3.63, 3.8) is 0 Å². The third-order valence-electron chi connectivity index (χ3n) is 2.23. The van der Waals surface area contributed by atoms with E-state index in [4.69, 9.17) is 5.26 Å². The van der Waals surface area contributed by atoms with Gasteiger partial charge in [-0.2, -0.15) is 5.26 Å². The number of alkyl halides is 3. The Morgan fingerprint density at radius 3 is 2.55 bits per heavy atom. The summed E-state index contributed by atoms with van der Waals surface area (Å²) >= 11 is 0. The minimum Gasteiger partial charge on any atom is -0.406 e. The van der Waals surface area contributed by atoms with Crippen molar-refractivity contribution in [1.29, 1.82) is 5.26 Å². The van der Waals surface area contributed by atoms with Crippen molar-refractivity contribution in [2.45, 2.75) is 6.36 Å². The van der Waals surface area contributed by atoms with Crippen LogP contribution in [0.3, 0.4) is 0 Å². The Labute approximate surface area is 112 Å². The van der Waals surface area contributed by atoms with Gasteiger partial charge in [0.15, 0.2) is 0 Å². The molecule has 4 nitrogen and oxygen atoms in total. The van der Waals surface area contributed by atoms with Crippen LogP contribution in [0.4, 0.5) is 24.5 Å². The number of hydrogen-bond donors (Lipinski definition) is 1. The first-order valence-electron chi connectivity index (χ1n) is 5.45. The molecule has 0 bridgehead atoms. The van der Waals surface area contributed by atoms with Crippen LogP contribution in [0, 0.1) is 11.3 Å². The summed E-state index contributed by atoms with van der Waals surface area (Å²) in [5.41, 5.74) is 1.22. The first-order chi connectivity index (χ1) is 9.46. The highest BCUT2D eigenvalue weighted by Gasteiger charge is 2.31. The summed E-state index contributed by atoms with van der Waals surface area (Å²) in [7, 11) is 0. The second kappa shape index (κ2) is 5.48. The number of anilines is 2. The van der Waals surface area contributed by atoms with Crippen molar-refractivity contribution in [1.82, 2.24) is 4.98 Å². The molecule has 0 radical (unpaired) electrons. The van der Waals surface area contributed by atoms with Crippen molar-refractivity contribution in [2.24, 2.45) is 0 Å². The Hall–Kier alpha value is -2.75. The lowest BCUT2D eigenvalue weighted by Gasteiger charge is -2.11. The molecule has 0 spiro atoms. The lowest BCUT2D eigenvalue weighted by Crippen LogP contribution is -2.17. The molecule has 7 heteroatoms. The molecule has 102 valence electrons. The molecule has 1 heterocycles. The number of aromatic nitrogens is 1. The number of rotatable bonds is 3. The third kappa shape index (κ3) is 3.88. The molecule has 0 fully saturated rings. The van der Waals surface area contributed by atoms with Crippen molar-refractivity contribution >= 4 is 11.4 Å². The van der Waals surface area contributed by atoms with Crippen LogP contribution in [0.25, 0.3) is 0 Å². The fraction of sp³-hybridized carbons (Fsp3) is 0.0769. The van der Waals surface area contributed by atoms with Crippen molar-refractivity contribution in [2.75, 3.05) is 5.32 Å². The third-order valence-corrected chi connectivity index (χ3v) is 2.23. The number of ether oxygens (including phenoxy) is 1. The molecule has 0 amide bonds. The molecule has 2 aromatic rings. The summed E-state index contributed by atoms with van der Waals surface area (Å²) in [6, 6.07) is 10.4. The van der Waals surface area contributed by atoms with Crippen molar-refractivity contribution in [3.8, 4) is 11.8 Å². The molecule has 1 aromatic heterocycles. The van der Waals surface area contributed by atoms with E-state index in [9.17, 15) is 13.2 Å². The zero-order valence-corrected chi connectivity index (χ0v) is 9.98. The summed E-state index contributed by atoms with van der Waals surface area (Å²) in [5.74, 6) is -0.316. The molecule has 1 aromatic carbocycles. The Morgan fingerprint density at radius 2 is 1.95 bits per heavy atom. The van der Waals surface area contributed by atoms with Gasteiger partial charge in [-0.1, -0.05) is 6.07 Å². The predicted molar refractivity (Wildman–Crippen MR) is 65.4 cm³/mol. The molecule has 0 aliphatic heterocycles. The smallest absolute Gasteiger partial charge is 0.406 e. The van der Waals surface area contributed by atoms with E-state index in [-0.39, 0.29) is 11.4 Å². The van der Waals surface area contributed by atoms with E-state index in [2.05, 4.69) is 15.0 Å². The van der Waals surface area contributed by atoms with Gasteiger partial charge in [0, 0.05) is 11.8 Å². The number of halogens is 3. The van der Waals surface area contributed by atoms with Gasteiger partial charge in [0.1, 0.15) is 17.5 Å². The molecule has 0 unspecified atom stereocenters. The van der Waals surface area contributed by atoms with Crippen LogP contribution in [-0.2, 0) is 0 Å². The highest BCUT2D eigenvalue weighted by atomic mass is 19.4. The van der Waals surface area contributed by atoms with E-state index in [0.29, 0.717) is 11.4 Å². The van der Waals surface area contributed by atoms with E-state index >= 15 is 0 Å². The normalized spacial score (nSPS) is 10.7. The van der Waals surface area contributed by atoms with Gasteiger partial charge >= 0.3 is 6.36 Å². The minimum absolute atomic E-state index is 0.254. The lowest BCUT2D eigenvalue weighted by atomic mass is 10.3. The Balaban J connectivity index is 2.13. The summed E-state index contributed by atoms with van der Waals surface area (Å²) in [5, 5.41) is 11.5. The summed E-state index contributed by atoms with van der Waals surface area (Å²) < 4.78 is 40.1. The van der Waals surface area contributed by atoms with Crippen molar-refractivity contribution < 1.29 is 17.9 Å². The molecule has 20 heavy (non-hydrogen) atoms. The highest BCUT2D eigenvalue weighted by molar-refractivity contribution is 5.60. The summed E-state index contributed by atoms with van der Waals surface area (Å²) in [6.45, 7) is 0. The van der Waals surface area contributed by atoms with E-state index in [1.807, 2.05) is 6.07 Å². The molecule has 0 saturated heterocycles. The molecule has 0 aliphatic carbocycles. The maximum absolute atomic E-state index is 12.1. The first-order valence-corrected chi connectivity index (χ1v) is 5.45. The maximum atomic E-state index is 12.1. The Kier molecular flexibility index (Phi) is 3.75. The van der Waals surface area contributed by atoms with Gasteiger partial charge in [-0.3, -0.25) is 0 Å². The number of nitriles is 1. The average molecular weight is 279 g/mol. The standard InChI is InChI=1S/C13H8F3N3O/c14-13(15,16)20-12-3-1-2-9(6-12)19-11-5-4-10(7-17)18-8-11/h1-6,8,19H. The van der Waals surface area contributed by atoms with Crippen LogP contribution < -0.4 is 10.1 Å². The number of nitrogens with zero attached hydrogens (tertiary/aromatic N) is 2. The molecule has 0 saturated carbocycles. The highest BCUT2D eigenvalue weighted by Crippen LogP contribution is 2.26.